The normalized spacial score (nSPS) is 18.8. The number of amides is 1. The van der Waals surface area contributed by atoms with Crippen molar-refractivity contribution in [3.63, 3.8) is 0 Å². The minimum absolute atomic E-state index is 0.0481. The topological polar surface area (TPSA) is 60.2 Å². The monoisotopic (exact) mass is 306 g/mol. The molecule has 1 aliphatic rings. The predicted molar refractivity (Wildman–Crippen MR) is 77.7 cm³/mol. The van der Waals surface area contributed by atoms with Crippen molar-refractivity contribution in [2.75, 3.05) is 19.8 Å². The van der Waals surface area contributed by atoms with Crippen LogP contribution in [0.1, 0.15) is 17.4 Å². The Hall–Kier alpha value is -1.92. The van der Waals surface area contributed by atoms with E-state index in [0.717, 1.165) is 5.69 Å². The third-order valence-corrected chi connectivity index (χ3v) is 3.68. The molecule has 110 valence electrons. The summed E-state index contributed by atoms with van der Waals surface area (Å²) in [4.78, 5) is 14.2. The SMILES string of the molecule is C[C@H]1COCCN1C(=O)c1cn(-c2ccc(Cl)cc2)nn1. The van der Waals surface area contributed by atoms with Crippen molar-refractivity contribution in [3.05, 3.63) is 41.2 Å². The number of rotatable bonds is 2. The largest absolute Gasteiger partial charge is 0.377 e. The number of benzene rings is 1. The number of carbonyl (C=O) groups excluding carboxylic acids is 1. The van der Waals surface area contributed by atoms with Crippen LogP contribution in [-0.4, -0.2) is 51.6 Å². The van der Waals surface area contributed by atoms with Crippen LogP contribution in [0.25, 0.3) is 5.69 Å². The Morgan fingerprint density at radius 3 is 2.86 bits per heavy atom. The van der Waals surface area contributed by atoms with E-state index in [1.807, 2.05) is 19.1 Å². The van der Waals surface area contributed by atoms with Gasteiger partial charge in [0.05, 0.1) is 31.1 Å². The van der Waals surface area contributed by atoms with Gasteiger partial charge in [-0.1, -0.05) is 16.8 Å². The molecular formula is C14H15ClN4O2. The molecule has 0 N–H and O–H groups in total. The van der Waals surface area contributed by atoms with Gasteiger partial charge in [0.1, 0.15) is 0 Å². The fourth-order valence-corrected chi connectivity index (χ4v) is 2.38. The molecule has 2 aromatic rings. The van der Waals surface area contributed by atoms with Gasteiger partial charge in [-0.25, -0.2) is 4.68 Å². The molecule has 0 bridgehead atoms. The summed E-state index contributed by atoms with van der Waals surface area (Å²) in [5, 5.41) is 8.62. The molecule has 1 aromatic carbocycles. The zero-order chi connectivity index (χ0) is 14.8. The maximum Gasteiger partial charge on any atom is 0.276 e. The minimum atomic E-state index is -0.119. The lowest BCUT2D eigenvalue weighted by Crippen LogP contribution is -2.47. The van der Waals surface area contributed by atoms with E-state index in [1.165, 1.54) is 0 Å². The van der Waals surface area contributed by atoms with Gasteiger partial charge >= 0.3 is 0 Å². The molecule has 3 rings (SSSR count). The number of hydrogen-bond acceptors (Lipinski definition) is 4. The lowest BCUT2D eigenvalue weighted by molar-refractivity contribution is 0.00326. The molecule has 0 radical (unpaired) electrons. The van der Waals surface area contributed by atoms with Gasteiger partial charge < -0.3 is 9.64 Å². The number of halogens is 1. The summed E-state index contributed by atoms with van der Waals surface area (Å²) in [6.07, 6.45) is 1.63. The maximum absolute atomic E-state index is 12.4. The van der Waals surface area contributed by atoms with Crippen molar-refractivity contribution >= 4 is 17.5 Å². The van der Waals surface area contributed by atoms with Gasteiger partial charge in [-0.15, -0.1) is 5.10 Å². The van der Waals surface area contributed by atoms with Crippen LogP contribution < -0.4 is 0 Å². The van der Waals surface area contributed by atoms with Crippen LogP contribution in [0.3, 0.4) is 0 Å². The van der Waals surface area contributed by atoms with E-state index >= 15 is 0 Å². The molecule has 0 aliphatic carbocycles. The first-order valence-electron chi connectivity index (χ1n) is 6.72. The molecule has 2 heterocycles. The second-order valence-corrected chi connectivity index (χ2v) is 5.38. The van der Waals surface area contributed by atoms with Gasteiger partial charge in [-0.05, 0) is 31.2 Å². The van der Waals surface area contributed by atoms with Gasteiger partial charge in [0.2, 0.25) is 0 Å². The van der Waals surface area contributed by atoms with Gasteiger partial charge in [0, 0.05) is 11.6 Å². The van der Waals surface area contributed by atoms with Crippen LogP contribution in [0.2, 0.25) is 5.02 Å². The minimum Gasteiger partial charge on any atom is -0.377 e. The molecule has 1 aliphatic heterocycles. The number of nitrogens with zero attached hydrogens (tertiary/aromatic N) is 4. The van der Waals surface area contributed by atoms with Crippen LogP contribution >= 0.6 is 11.6 Å². The summed E-state index contributed by atoms with van der Waals surface area (Å²) in [6.45, 7) is 3.65. The molecule has 0 unspecified atom stereocenters. The molecule has 1 fully saturated rings. The molecule has 1 saturated heterocycles. The number of carbonyl (C=O) groups is 1. The highest BCUT2D eigenvalue weighted by molar-refractivity contribution is 6.30. The fraction of sp³-hybridized carbons (Fsp3) is 0.357. The van der Waals surface area contributed by atoms with Crippen molar-refractivity contribution in [1.82, 2.24) is 19.9 Å². The summed E-state index contributed by atoms with van der Waals surface area (Å²) >= 11 is 5.85. The number of aromatic nitrogens is 3. The van der Waals surface area contributed by atoms with E-state index in [0.29, 0.717) is 30.5 Å². The number of ether oxygens (including phenoxy) is 1. The molecule has 0 spiro atoms. The highest BCUT2D eigenvalue weighted by Gasteiger charge is 2.26. The molecule has 6 nitrogen and oxygen atoms in total. The highest BCUT2D eigenvalue weighted by Crippen LogP contribution is 2.14. The second-order valence-electron chi connectivity index (χ2n) is 4.95. The van der Waals surface area contributed by atoms with Crippen molar-refractivity contribution in [3.8, 4) is 5.69 Å². The second kappa shape index (κ2) is 5.83. The first-order valence-corrected chi connectivity index (χ1v) is 7.10. The van der Waals surface area contributed by atoms with Gasteiger partial charge in [-0.2, -0.15) is 0 Å². The van der Waals surface area contributed by atoms with Gasteiger partial charge in [0.15, 0.2) is 5.69 Å². The van der Waals surface area contributed by atoms with Crippen molar-refractivity contribution in [2.24, 2.45) is 0 Å². The first-order chi connectivity index (χ1) is 10.1. The maximum atomic E-state index is 12.4. The van der Waals surface area contributed by atoms with Crippen molar-refractivity contribution in [2.45, 2.75) is 13.0 Å². The van der Waals surface area contributed by atoms with Crippen molar-refractivity contribution < 1.29 is 9.53 Å². The fourth-order valence-electron chi connectivity index (χ4n) is 2.26. The third kappa shape index (κ3) is 2.91. The van der Waals surface area contributed by atoms with E-state index < -0.39 is 0 Å². The van der Waals surface area contributed by atoms with Crippen molar-refractivity contribution in [1.29, 1.82) is 0 Å². The summed E-state index contributed by atoms with van der Waals surface area (Å²) in [5.41, 5.74) is 1.14. The number of morpholine rings is 1. The highest BCUT2D eigenvalue weighted by atomic mass is 35.5. The Bertz CT molecular complexity index is 641. The molecule has 21 heavy (non-hydrogen) atoms. The lowest BCUT2D eigenvalue weighted by atomic mass is 10.2. The summed E-state index contributed by atoms with van der Waals surface area (Å²) in [7, 11) is 0. The molecule has 7 heteroatoms. The van der Waals surface area contributed by atoms with Gasteiger partial charge in [0.25, 0.3) is 5.91 Å². The standard InChI is InChI=1S/C14H15ClN4O2/c1-10-9-21-7-6-18(10)14(20)13-8-19(17-16-13)12-4-2-11(15)3-5-12/h2-5,8,10H,6-7,9H2,1H3/t10-/m0/s1. The first kappa shape index (κ1) is 14.0. The molecule has 0 saturated carbocycles. The zero-order valence-corrected chi connectivity index (χ0v) is 12.3. The lowest BCUT2D eigenvalue weighted by Gasteiger charge is -2.32. The van der Waals surface area contributed by atoms with E-state index in [2.05, 4.69) is 10.3 Å². The Balaban J connectivity index is 1.81. The summed E-state index contributed by atoms with van der Waals surface area (Å²) in [5.74, 6) is -0.119. The smallest absolute Gasteiger partial charge is 0.276 e. The Labute approximate surface area is 127 Å². The van der Waals surface area contributed by atoms with E-state index in [9.17, 15) is 4.79 Å². The number of hydrogen-bond donors (Lipinski definition) is 0. The molecule has 1 atom stereocenters. The summed E-state index contributed by atoms with van der Waals surface area (Å²) < 4.78 is 6.90. The average Bonchev–Trinajstić information content (AvgIpc) is 2.98. The summed E-state index contributed by atoms with van der Waals surface area (Å²) in [6, 6.07) is 7.23. The average molecular weight is 307 g/mol. The van der Waals surface area contributed by atoms with Crippen LogP contribution in [0, 0.1) is 0 Å². The van der Waals surface area contributed by atoms with Gasteiger partial charge in [-0.3, -0.25) is 4.79 Å². The van der Waals surface area contributed by atoms with Crippen LogP contribution in [0.15, 0.2) is 30.5 Å². The Morgan fingerprint density at radius 2 is 2.14 bits per heavy atom. The molecule has 1 amide bonds. The third-order valence-electron chi connectivity index (χ3n) is 3.43. The predicted octanol–water partition coefficient (Wildman–Crippen LogP) is 1.78. The quantitative estimate of drug-likeness (QED) is 0.848. The van der Waals surface area contributed by atoms with Crippen LogP contribution in [0.5, 0.6) is 0 Å². The molecular weight excluding hydrogens is 292 g/mol. The van der Waals surface area contributed by atoms with Crippen LogP contribution in [-0.2, 0) is 4.74 Å². The van der Waals surface area contributed by atoms with E-state index in [-0.39, 0.29) is 11.9 Å². The van der Waals surface area contributed by atoms with E-state index in [4.69, 9.17) is 16.3 Å². The molecule has 1 aromatic heterocycles. The Kier molecular flexibility index (Phi) is 3.90. The Morgan fingerprint density at radius 1 is 1.38 bits per heavy atom. The van der Waals surface area contributed by atoms with Crippen LogP contribution in [0.4, 0.5) is 0 Å². The van der Waals surface area contributed by atoms with E-state index in [1.54, 1.807) is 27.9 Å². The zero-order valence-electron chi connectivity index (χ0n) is 11.6.